The summed E-state index contributed by atoms with van der Waals surface area (Å²) in [6.45, 7) is 11.6. The predicted molar refractivity (Wildman–Crippen MR) is 66.3 cm³/mol. The van der Waals surface area contributed by atoms with Crippen LogP contribution in [0, 0.1) is 0 Å². The molecule has 0 aliphatic carbocycles. The van der Waals surface area contributed by atoms with Gasteiger partial charge in [-0.2, -0.15) is 0 Å². The molecule has 0 aromatic rings. The van der Waals surface area contributed by atoms with E-state index >= 15 is 0 Å². The highest BCUT2D eigenvalue weighted by atomic mass is 15.1. The molecule has 2 N–H and O–H groups in total. The zero-order valence-electron chi connectivity index (χ0n) is 10.4. The fraction of sp³-hybridized carbons (Fsp3) is 1.00. The van der Waals surface area contributed by atoms with Crippen LogP contribution in [-0.4, -0.2) is 50.2 Å². The van der Waals surface area contributed by atoms with Gasteiger partial charge in [-0.1, -0.05) is 13.8 Å². The molecule has 0 spiro atoms. The molecular weight excluding hydrogens is 186 g/mol. The summed E-state index contributed by atoms with van der Waals surface area (Å²) in [7, 11) is 0. The average Bonchev–Trinajstić information content (AvgIpc) is 2.29. The number of piperidine rings is 1. The maximum Gasteiger partial charge on any atom is 0.0193 e. The van der Waals surface area contributed by atoms with Gasteiger partial charge in [0, 0.05) is 25.7 Å². The molecule has 0 radical (unpaired) electrons. The molecule has 1 aliphatic heterocycles. The first kappa shape index (κ1) is 12.9. The topological polar surface area (TPSA) is 27.3 Å². The summed E-state index contributed by atoms with van der Waals surface area (Å²) in [6, 6.07) is 0.707. The minimum atomic E-state index is 0.707. The van der Waals surface area contributed by atoms with Gasteiger partial charge < -0.3 is 15.5 Å². The molecule has 15 heavy (non-hydrogen) atoms. The standard InChI is InChI=1S/C12H27N3/c1-3-9-15(4-2)10-8-14-12-6-5-7-13-11-12/h12-14H,3-11H2,1-2H3. The van der Waals surface area contributed by atoms with Crippen molar-refractivity contribution in [1.82, 2.24) is 15.5 Å². The van der Waals surface area contributed by atoms with Crippen molar-refractivity contribution >= 4 is 0 Å². The van der Waals surface area contributed by atoms with Crippen LogP contribution in [0.3, 0.4) is 0 Å². The Morgan fingerprint density at radius 2 is 2.20 bits per heavy atom. The third-order valence-electron chi connectivity index (χ3n) is 3.14. The highest BCUT2D eigenvalue weighted by Crippen LogP contribution is 2.00. The molecule has 1 fully saturated rings. The zero-order valence-corrected chi connectivity index (χ0v) is 10.4. The Morgan fingerprint density at radius 3 is 2.80 bits per heavy atom. The highest BCUT2D eigenvalue weighted by molar-refractivity contribution is 4.75. The zero-order chi connectivity index (χ0) is 10.9. The smallest absolute Gasteiger partial charge is 0.0193 e. The monoisotopic (exact) mass is 213 g/mol. The maximum atomic E-state index is 3.64. The highest BCUT2D eigenvalue weighted by Gasteiger charge is 2.11. The molecule has 0 aromatic carbocycles. The normalized spacial score (nSPS) is 22.2. The lowest BCUT2D eigenvalue weighted by Gasteiger charge is -2.26. The van der Waals surface area contributed by atoms with Gasteiger partial charge in [0.25, 0.3) is 0 Å². The van der Waals surface area contributed by atoms with E-state index in [0.29, 0.717) is 6.04 Å². The van der Waals surface area contributed by atoms with Gasteiger partial charge in [-0.05, 0) is 38.9 Å². The van der Waals surface area contributed by atoms with Crippen LogP contribution in [0.1, 0.15) is 33.1 Å². The van der Waals surface area contributed by atoms with Crippen molar-refractivity contribution in [3.8, 4) is 0 Å². The van der Waals surface area contributed by atoms with Crippen molar-refractivity contribution < 1.29 is 0 Å². The van der Waals surface area contributed by atoms with E-state index in [4.69, 9.17) is 0 Å². The summed E-state index contributed by atoms with van der Waals surface area (Å²) >= 11 is 0. The van der Waals surface area contributed by atoms with E-state index in [1.54, 1.807) is 0 Å². The first-order chi connectivity index (χ1) is 7.36. The first-order valence-corrected chi connectivity index (χ1v) is 6.53. The minimum Gasteiger partial charge on any atom is -0.315 e. The molecule has 3 nitrogen and oxygen atoms in total. The van der Waals surface area contributed by atoms with Crippen molar-refractivity contribution in [1.29, 1.82) is 0 Å². The van der Waals surface area contributed by atoms with Crippen LogP contribution >= 0.6 is 0 Å². The van der Waals surface area contributed by atoms with Crippen molar-refractivity contribution in [3.63, 3.8) is 0 Å². The van der Waals surface area contributed by atoms with E-state index in [0.717, 1.165) is 13.1 Å². The van der Waals surface area contributed by atoms with Gasteiger partial charge in [0.15, 0.2) is 0 Å². The number of nitrogens with one attached hydrogen (secondary N) is 2. The lowest BCUT2D eigenvalue weighted by atomic mass is 10.1. The molecule has 0 amide bonds. The number of nitrogens with zero attached hydrogens (tertiary/aromatic N) is 1. The molecule has 1 heterocycles. The van der Waals surface area contributed by atoms with Crippen LogP contribution in [0.25, 0.3) is 0 Å². The summed E-state index contributed by atoms with van der Waals surface area (Å²) < 4.78 is 0. The van der Waals surface area contributed by atoms with E-state index in [2.05, 4.69) is 29.4 Å². The molecule has 0 saturated carbocycles. The predicted octanol–water partition coefficient (Wildman–Crippen LogP) is 1.06. The second-order valence-electron chi connectivity index (χ2n) is 4.43. The van der Waals surface area contributed by atoms with Gasteiger partial charge in [0.05, 0.1) is 0 Å². The summed E-state index contributed by atoms with van der Waals surface area (Å²) in [6.07, 6.45) is 3.93. The van der Waals surface area contributed by atoms with Crippen LogP contribution in [0.4, 0.5) is 0 Å². The molecule has 0 aromatic heterocycles. The fourth-order valence-corrected chi connectivity index (χ4v) is 2.20. The largest absolute Gasteiger partial charge is 0.315 e. The third kappa shape index (κ3) is 5.50. The second-order valence-corrected chi connectivity index (χ2v) is 4.43. The molecule has 1 rings (SSSR count). The SMILES string of the molecule is CCCN(CC)CCNC1CCCNC1. The van der Waals surface area contributed by atoms with Crippen LogP contribution in [0.15, 0.2) is 0 Å². The summed E-state index contributed by atoms with van der Waals surface area (Å²) in [4.78, 5) is 2.52. The summed E-state index contributed by atoms with van der Waals surface area (Å²) in [5.41, 5.74) is 0. The number of likely N-dealkylation sites (N-methyl/N-ethyl adjacent to an activating group) is 1. The van der Waals surface area contributed by atoms with Gasteiger partial charge in [0.2, 0.25) is 0 Å². The number of hydrogen-bond donors (Lipinski definition) is 2. The van der Waals surface area contributed by atoms with Crippen LogP contribution in [0.5, 0.6) is 0 Å². The van der Waals surface area contributed by atoms with Gasteiger partial charge >= 0.3 is 0 Å². The molecule has 3 heteroatoms. The summed E-state index contributed by atoms with van der Waals surface area (Å²) in [5, 5.41) is 7.08. The third-order valence-corrected chi connectivity index (χ3v) is 3.14. The Labute approximate surface area is 94.6 Å². The molecular formula is C12H27N3. The lowest BCUT2D eigenvalue weighted by Crippen LogP contribution is -2.45. The Bertz CT molecular complexity index is 139. The molecule has 1 unspecified atom stereocenters. The molecule has 1 aliphatic rings. The van der Waals surface area contributed by atoms with E-state index in [9.17, 15) is 0 Å². The fourth-order valence-electron chi connectivity index (χ4n) is 2.20. The minimum absolute atomic E-state index is 0.707. The Hall–Kier alpha value is -0.120. The van der Waals surface area contributed by atoms with E-state index < -0.39 is 0 Å². The van der Waals surface area contributed by atoms with Crippen LogP contribution < -0.4 is 10.6 Å². The lowest BCUT2D eigenvalue weighted by molar-refractivity contribution is 0.276. The van der Waals surface area contributed by atoms with Gasteiger partial charge in [0.1, 0.15) is 0 Å². The van der Waals surface area contributed by atoms with Crippen molar-refractivity contribution in [2.45, 2.75) is 39.2 Å². The number of hydrogen-bond acceptors (Lipinski definition) is 3. The summed E-state index contributed by atoms with van der Waals surface area (Å²) in [5.74, 6) is 0. The molecule has 1 saturated heterocycles. The van der Waals surface area contributed by atoms with Gasteiger partial charge in [-0.15, -0.1) is 0 Å². The maximum absolute atomic E-state index is 3.64. The second kappa shape index (κ2) is 8.08. The average molecular weight is 213 g/mol. The Kier molecular flexibility index (Phi) is 6.98. The Balaban J connectivity index is 2.03. The molecule has 90 valence electrons. The quantitative estimate of drug-likeness (QED) is 0.662. The van der Waals surface area contributed by atoms with E-state index in [1.807, 2.05) is 0 Å². The van der Waals surface area contributed by atoms with E-state index in [-0.39, 0.29) is 0 Å². The van der Waals surface area contributed by atoms with E-state index in [1.165, 1.54) is 45.4 Å². The number of rotatable bonds is 7. The van der Waals surface area contributed by atoms with Crippen molar-refractivity contribution in [3.05, 3.63) is 0 Å². The molecule has 1 atom stereocenters. The van der Waals surface area contributed by atoms with Crippen LogP contribution in [0.2, 0.25) is 0 Å². The molecule has 0 bridgehead atoms. The first-order valence-electron chi connectivity index (χ1n) is 6.53. The van der Waals surface area contributed by atoms with Crippen molar-refractivity contribution in [2.75, 3.05) is 39.3 Å². The van der Waals surface area contributed by atoms with Gasteiger partial charge in [-0.25, -0.2) is 0 Å². The van der Waals surface area contributed by atoms with Crippen molar-refractivity contribution in [2.24, 2.45) is 0 Å². The van der Waals surface area contributed by atoms with Crippen LogP contribution in [-0.2, 0) is 0 Å². The van der Waals surface area contributed by atoms with Gasteiger partial charge in [-0.3, -0.25) is 0 Å². The Morgan fingerprint density at radius 1 is 1.33 bits per heavy atom.